The molecule has 0 aromatic carbocycles. The quantitative estimate of drug-likeness (QED) is 0.639. The van der Waals surface area contributed by atoms with E-state index in [9.17, 15) is 18.3 Å². The molecule has 0 aromatic heterocycles. The van der Waals surface area contributed by atoms with Crippen LogP contribution in [0.3, 0.4) is 0 Å². The Balaban J connectivity index is 2.25. The maximum atomic E-state index is 11.2. The fourth-order valence-electron chi connectivity index (χ4n) is 2.23. The zero-order valence-electron chi connectivity index (χ0n) is 7.51. The van der Waals surface area contributed by atoms with Gasteiger partial charge in [0.1, 0.15) is 0 Å². The second-order valence-corrected chi connectivity index (χ2v) is 6.37. The molecule has 0 radical (unpaired) electrons. The Morgan fingerprint density at radius 1 is 1.29 bits per heavy atom. The highest BCUT2D eigenvalue weighted by molar-refractivity contribution is 7.91. The lowest BCUT2D eigenvalue weighted by atomic mass is 9.87. The largest absolute Gasteiger partial charge is 0.481 e. The number of hydrogen-bond acceptors (Lipinski definition) is 4. The molecule has 5 nitrogen and oxygen atoms in total. The molecule has 2 unspecified atom stereocenters. The molecule has 1 heterocycles. The Morgan fingerprint density at radius 3 is 2.14 bits per heavy atom. The smallest absolute Gasteiger partial charge is 0.310 e. The van der Waals surface area contributed by atoms with Gasteiger partial charge in [-0.05, 0) is 12.8 Å². The summed E-state index contributed by atoms with van der Waals surface area (Å²) in [5, 5.41) is 18.5. The number of carboxylic acid groups (broad SMARTS) is 1. The second kappa shape index (κ2) is 2.70. The van der Waals surface area contributed by atoms with Gasteiger partial charge in [0.05, 0.1) is 23.0 Å². The summed E-state index contributed by atoms with van der Waals surface area (Å²) in [6.07, 6.45) is -0.0299. The molecule has 0 amide bonds. The van der Waals surface area contributed by atoms with Gasteiger partial charge in [0.25, 0.3) is 0 Å². The maximum absolute atomic E-state index is 11.2. The lowest BCUT2D eigenvalue weighted by Crippen LogP contribution is -2.33. The van der Waals surface area contributed by atoms with Crippen LogP contribution in [0.25, 0.3) is 0 Å². The van der Waals surface area contributed by atoms with Gasteiger partial charge in [0.15, 0.2) is 9.84 Å². The van der Waals surface area contributed by atoms with Gasteiger partial charge in [-0.2, -0.15) is 0 Å². The zero-order valence-corrected chi connectivity index (χ0v) is 8.33. The van der Waals surface area contributed by atoms with Crippen molar-refractivity contribution in [1.82, 2.24) is 0 Å². The Kier molecular flexibility index (Phi) is 1.91. The average molecular weight is 220 g/mol. The first kappa shape index (κ1) is 9.92. The molecule has 6 heteroatoms. The van der Waals surface area contributed by atoms with Gasteiger partial charge in [0.2, 0.25) is 0 Å². The van der Waals surface area contributed by atoms with Gasteiger partial charge in [-0.15, -0.1) is 0 Å². The molecule has 2 atom stereocenters. The van der Waals surface area contributed by atoms with E-state index in [1.54, 1.807) is 0 Å². The average Bonchev–Trinajstić information content (AvgIpc) is 2.74. The third-order valence-electron chi connectivity index (χ3n) is 3.25. The van der Waals surface area contributed by atoms with Gasteiger partial charge in [-0.1, -0.05) is 0 Å². The van der Waals surface area contributed by atoms with Crippen LogP contribution in [-0.4, -0.2) is 42.2 Å². The summed E-state index contributed by atoms with van der Waals surface area (Å²) in [6, 6.07) is 0. The van der Waals surface area contributed by atoms with Gasteiger partial charge < -0.3 is 10.2 Å². The van der Waals surface area contributed by atoms with E-state index in [4.69, 9.17) is 5.11 Å². The van der Waals surface area contributed by atoms with Crippen LogP contribution in [0.1, 0.15) is 12.8 Å². The molecule has 1 aliphatic heterocycles. The number of carbonyl (C=O) groups is 1. The van der Waals surface area contributed by atoms with Crippen molar-refractivity contribution in [2.45, 2.75) is 18.9 Å². The normalized spacial score (nSPS) is 38.1. The Hall–Kier alpha value is -0.620. The molecule has 1 saturated heterocycles. The van der Waals surface area contributed by atoms with Crippen LogP contribution in [0, 0.1) is 11.3 Å². The van der Waals surface area contributed by atoms with E-state index in [1.165, 1.54) is 0 Å². The zero-order chi connectivity index (χ0) is 10.6. The van der Waals surface area contributed by atoms with Crippen LogP contribution in [0.2, 0.25) is 0 Å². The minimum atomic E-state index is -3.23. The summed E-state index contributed by atoms with van der Waals surface area (Å²) >= 11 is 0. The predicted molar refractivity (Wildman–Crippen MR) is 47.5 cm³/mol. The van der Waals surface area contributed by atoms with Gasteiger partial charge in [-0.3, -0.25) is 4.79 Å². The molecular weight excluding hydrogens is 208 g/mol. The van der Waals surface area contributed by atoms with Crippen LogP contribution in [0.4, 0.5) is 0 Å². The summed E-state index contributed by atoms with van der Waals surface area (Å²) in [4.78, 5) is 10.9. The molecule has 0 spiro atoms. The van der Waals surface area contributed by atoms with Crippen molar-refractivity contribution in [3.63, 3.8) is 0 Å². The van der Waals surface area contributed by atoms with Crippen LogP contribution < -0.4 is 0 Å². The monoisotopic (exact) mass is 220 g/mol. The van der Waals surface area contributed by atoms with Crippen molar-refractivity contribution in [1.29, 1.82) is 0 Å². The highest BCUT2D eigenvalue weighted by atomic mass is 32.2. The van der Waals surface area contributed by atoms with E-state index in [2.05, 4.69) is 0 Å². The summed E-state index contributed by atoms with van der Waals surface area (Å²) in [5.41, 5.74) is -0.955. The maximum Gasteiger partial charge on any atom is 0.310 e. The van der Waals surface area contributed by atoms with Crippen LogP contribution in [0.5, 0.6) is 0 Å². The molecule has 1 saturated carbocycles. The van der Waals surface area contributed by atoms with Crippen LogP contribution >= 0.6 is 0 Å². The Labute approximate surface area is 81.7 Å². The molecule has 2 N–H and O–H groups in total. The molecular formula is C8H12O5S. The van der Waals surface area contributed by atoms with Crippen molar-refractivity contribution < 1.29 is 23.4 Å². The first-order valence-corrected chi connectivity index (χ1v) is 6.31. The standard InChI is InChI=1S/C8H12O5S/c9-6-4-14(12,13)3-5(6)8(1-2-8)7(10)11/h5-6,9H,1-4H2,(H,10,11). The van der Waals surface area contributed by atoms with E-state index < -0.39 is 33.2 Å². The van der Waals surface area contributed by atoms with Crippen molar-refractivity contribution in [2.75, 3.05) is 11.5 Å². The second-order valence-electron chi connectivity index (χ2n) is 4.21. The number of sulfone groups is 1. The summed E-state index contributed by atoms with van der Waals surface area (Å²) in [7, 11) is -3.23. The van der Waals surface area contributed by atoms with Crippen LogP contribution in [0.15, 0.2) is 0 Å². The molecule has 14 heavy (non-hydrogen) atoms. The molecule has 0 bridgehead atoms. The lowest BCUT2D eigenvalue weighted by molar-refractivity contribution is -0.146. The molecule has 0 aromatic rings. The van der Waals surface area contributed by atoms with E-state index in [1.807, 2.05) is 0 Å². The van der Waals surface area contributed by atoms with E-state index >= 15 is 0 Å². The van der Waals surface area contributed by atoms with Gasteiger partial charge in [-0.25, -0.2) is 8.42 Å². The fourth-order valence-corrected chi connectivity index (χ4v) is 4.21. The molecule has 1 aliphatic carbocycles. The minimum Gasteiger partial charge on any atom is -0.481 e. The SMILES string of the molecule is O=C(O)C1(C2CS(=O)(=O)CC2O)CC1. The fraction of sp³-hybridized carbons (Fsp3) is 0.875. The summed E-state index contributed by atoms with van der Waals surface area (Å²) in [6.45, 7) is 0. The number of aliphatic hydroxyl groups is 1. The van der Waals surface area contributed by atoms with Gasteiger partial charge >= 0.3 is 5.97 Å². The first-order chi connectivity index (χ1) is 6.37. The lowest BCUT2D eigenvalue weighted by Gasteiger charge is -2.19. The third kappa shape index (κ3) is 1.33. The Morgan fingerprint density at radius 2 is 1.86 bits per heavy atom. The highest BCUT2D eigenvalue weighted by Crippen LogP contribution is 2.55. The molecule has 2 fully saturated rings. The number of hydrogen-bond donors (Lipinski definition) is 2. The minimum absolute atomic E-state index is 0.180. The summed E-state index contributed by atoms with van der Waals surface area (Å²) in [5.74, 6) is -2.05. The van der Waals surface area contributed by atoms with Crippen molar-refractivity contribution in [3.8, 4) is 0 Å². The van der Waals surface area contributed by atoms with Crippen molar-refractivity contribution in [2.24, 2.45) is 11.3 Å². The van der Waals surface area contributed by atoms with Crippen LogP contribution in [-0.2, 0) is 14.6 Å². The third-order valence-corrected chi connectivity index (χ3v) is 4.96. The van der Waals surface area contributed by atoms with Crippen molar-refractivity contribution in [3.05, 3.63) is 0 Å². The van der Waals surface area contributed by atoms with Gasteiger partial charge in [0, 0.05) is 5.92 Å². The molecule has 80 valence electrons. The van der Waals surface area contributed by atoms with E-state index in [0.717, 1.165) is 0 Å². The van der Waals surface area contributed by atoms with E-state index in [-0.39, 0.29) is 11.5 Å². The number of rotatable bonds is 2. The first-order valence-electron chi connectivity index (χ1n) is 4.49. The number of aliphatic hydroxyl groups excluding tert-OH is 1. The van der Waals surface area contributed by atoms with Crippen molar-refractivity contribution >= 4 is 15.8 Å². The Bertz CT molecular complexity index is 367. The predicted octanol–water partition coefficient (Wildman–Crippen LogP) is -0.743. The highest BCUT2D eigenvalue weighted by Gasteiger charge is 2.61. The molecule has 2 aliphatic rings. The van der Waals surface area contributed by atoms with E-state index in [0.29, 0.717) is 12.8 Å². The summed E-state index contributed by atoms with van der Waals surface area (Å²) < 4.78 is 22.4. The number of aliphatic carboxylic acids is 1. The topological polar surface area (TPSA) is 91.7 Å². The number of carboxylic acids is 1. The molecule has 2 rings (SSSR count).